The average Bonchev–Trinajstić information content (AvgIpc) is 2.74. The van der Waals surface area contributed by atoms with Crippen LogP contribution in [0.4, 0.5) is 0 Å². The molecule has 2 heterocycles. The molecule has 2 aromatic heterocycles. The lowest BCUT2D eigenvalue weighted by atomic mass is 10.3. The molecule has 0 atom stereocenters. The maximum absolute atomic E-state index is 5.34. The monoisotopic (exact) mass is 254 g/mol. The summed E-state index contributed by atoms with van der Waals surface area (Å²) in [5.41, 5.74) is 3.11. The first-order valence-corrected chi connectivity index (χ1v) is 6.17. The van der Waals surface area contributed by atoms with E-state index in [1.807, 2.05) is 18.7 Å². The van der Waals surface area contributed by atoms with Gasteiger partial charge in [-0.25, -0.2) is 0 Å². The highest BCUT2D eigenvalue weighted by Crippen LogP contribution is 2.17. The number of nitrogens with zero attached hydrogens (tertiary/aromatic N) is 3. The summed E-state index contributed by atoms with van der Waals surface area (Å²) in [7, 11) is 3.67. The van der Waals surface area contributed by atoms with E-state index in [2.05, 4.69) is 14.6 Å². The number of rotatable bonds is 5. The SMILES string of the molecule is COCCCCn1c(=S)[nH]c2c(C)nn(C)c21. The Balaban J connectivity index is 2.26. The van der Waals surface area contributed by atoms with E-state index in [9.17, 15) is 0 Å². The van der Waals surface area contributed by atoms with E-state index in [1.165, 1.54) is 0 Å². The summed E-state index contributed by atoms with van der Waals surface area (Å²) in [5, 5.41) is 4.39. The number of hydrogen-bond acceptors (Lipinski definition) is 3. The number of aromatic nitrogens is 4. The second-order valence-electron chi connectivity index (χ2n) is 4.19. The van der Waals surface area contributed by atoms with E-state index in [-0.39, 0.29) is 0 Å². The smallest absolute Gasteiger partial charge is 0.179 e. The summed E-state index contributed by atoms with van der Waals surface area (Å²) >= 11 is 5.34. The van der Waals surface area contributed by atoms with Crippen molar-refractivity contribution in [2.75, 3.05) is 13.7 Å². The number of hydrogen-bond donors (Lipinski definition) is 1. The number of fused-ring (bicyclic) bond motifs is 1. The fourth-order valence-electron chi connectivity index (χ4n) is 2.10. The minimum atomic E-state index is 0.772. The van der Waals surface area contributed by atoms with Crippen LogP contribution in [0.1, 0.15) is 18.5 Å². The summed E-state index contributed by atoms with van der Waals surface area (Å²) < 4.78 is 9.81. The Morgan fingerprint density at radius 3 is 2.88 bits per heavy atom. The van der Waals surface area contributed by atoms with Crippen LogP contribution in [0.25, 0.3) is 11.2 Å². The van der Waals surface area contributed by atoms with Gasteiger partial charge in [0.2, 0.25) is 0 Å². The van der Waals surface area contributed by atoms with E-state index < -0.39 is 0 Å². The second kappa shape index (κ2) is 5.01. The molecule has 2 aromatic rings. The minimum Gasteiger partial charge on any atom is -0.385 e. The van der Waals surface area contributed by atoms with Gasteiger partial charge in [-0.3, -0.25) is 4.68 Å². The molecule has 0 saturated carbocycles. The molecule has 0 saturated heterocycles. The Labute approximate surface area is 105 Å². The van der Waals surface area contributed by atoms with Gasteiger partial charge in [0.1, 0.15) is 5.52 Å². The first-order chi connectivity index (χ1) is 8.15. The molecule has 2 rings (SSSR count). The van der Waals surface area contributed by atoms with Gasteiger partial charge in [0.25, 0.3) is 0 Å². The topological polar surface area (TPSA) is 47.8 Å². The number of aromatic amines is 1. The van der Waals surface area contributed by atoms with Gasteiger partial charge >= 0.3 is 0 Å². The standard InChI is InChI=1S/C11H18N4OS/c1-8-9-10(14(2)13-8)15(11(17)12-9)6-4-5-7-16-3/h4-7H2,1-3H3,(H,12,17). The van der Waals surface area contributed by atoms with Crippen molar-refractivity contribution in [1.29, 1.82) is 0 Å². The summed E-state index contributed by atoms with van der Waals surface area (Å²) in [6.07, 6.45) is 2.10. The molecule has 0 aliphatic heterocycles. The van der Waals surface area contributed by atoms with Crippen molar-refractivity contribution in [3.05, 3.63) is 10.5 Å². The second-order valence-corrected chi connectivity index (χ2v) is 4.58. The van der Waals surface area contributed by atoms with Crippen molar-refractivity contribution >= 4 is 23.4 Å². The largest absolute Gasteiger partial charge is 0.385 e. The Morgan fingerprint density at radius 2 is 2.18 bits per heavy atom. The predicted octanol–water partition coefficient (Wildman–Crippen LogP) is 2.17. The number of imidazole rings is 1. The predicted molar refractivity (Wildman–Crippen MR) is 69.7 cm³/mol. The number of H-pyrrole nitrogens is 1. The molecule has 6 heteroatoms. The van der Waals surface area contributed by atoms with Gasteiger partial charge in [-0.05, 0) is 32.0 Å². The Hall–Kier alpha value is -1.14. The van der Waals surface area contributed by atoms with Gasteiger partial charge in [0.05, 0.1) is 5.69 Å². The van der Waals surface area contributed by atoms with Gasteiger partial charge in [-0.15, -0.1) is 0 Å². The first-order valence-electron chi connectivity index (χ1n) is 5.76. The van der Waals surface area contributed by atoms with Gasteiger partial charge in [0.15, 0.2) is 10.4 Å². The average molecular weight is 254 g/mol. The van der Waals surface area contributed by atoms with Gasteiger partial charge < -0.3 is 14.3 Å². The van der Waals surface area contributed by atoms with Crippen LogP contribution in [0, 0.1) is 11.7 Å². The molecule has 5 nitrogen and oxygen atoms in total. The number of ether oxygens (including phenoxy) is 1. The summed E-state index contributed by atoms with van der Waals surface area (Å²) in [6, 6.07) is 0. The molecule has 0 spiro atoms. The summed E-state index contributed by atoms with van der Waals surface area (Å²) in [6.45, 7) is 3.69. The van der Waals surface area contributed by atoms with Crippen molar-refractivity contribution in [1.82, 2.24) is 19.3 Å². The Bertz CT molecular complexity index is 566. The number of aryl methyl sites for hydroxylation is 3. The van der Waals surface area contributed by atoms with Crippen molar-refractivity contribution in [3.8, 4) is 0 Å². The fraction of sp³-hybridized carbons (Fsp3) is 0.636. The van der Waals surface area contributed by atoms with Crippen LogP contribution in [0.5, 0.6) is 0 Å². The van der Waals surface area contributed by atoms with Gasteiger partial charge in [-0.2, -0.15) is 5.10 Å². The fourth-order valence-corrected chi connectivity index (χ4v) is 2.38. The Kier molecular flexibility index (Phi) is 3.63. The highest BCUT2D eigenvalue weighted by Gasteiger charge is 2.11. The third-order valence-corrected chi connectivity index (χ3v) is 3.23. The van der Waals surface area contributed by atoms with Gasteiger partial charge in [-0.1, -0.05) is 0 Å². The molecule has 0 bridgehead atoms. The van der Waals surface area contributed by atoms with Crippen LogP contribution < -0.4 is 0 Å². The lowest BCUT2D eigenvalue weighted by Gasteiger charge is -2.04. The van der Waals surface area contributed by atoms with Crippen LogP contribution in [-0.4, -0.2) is 33.0 Å². The molecular formula is C11H18N4OS. The van der Waals surface area contributed by atoms with E-state index in [4.69, 9.17) is 17.0 Å². The normalized spacial score (nSPS) is 11.5. The zero-order chi connectivity index (χ0) is 12.4. The van der Waals surface area contributed by atoms with Gasteiger partial charge in [0, 0.05) is 27.3 Å². The van der Waals surface area contributed by atoms with Crippen LogP contribution in [0.15, 0.2) is 0 Å². The molecule has 0 amide bonds. The van der Waals surface area contributed by atoms with Crippen molar-refractivity contribution in [2.45, 2.75) is 26.3 Å². The molecule has 94 valence electrons. The molecule has 0 fully saturated rings. The highest BCUT2D eigenvalue weighted by molar-refractivity contribution is 7.71. The Morgan fingerprint density at radius 1 is 1.41 bits per heavy atom. The lowest BCUT2D eigenvalue weighted by Crippen LogP contribution is -2.04. The minimum absolute atomic E-state index is 0.772. The van der Waals surface area contributed by atoms with E-state index >= 15 is 0 Å². The summed E-state index contributed by atoms with van der Waals surface area (Å²) in [5.74, 6) is 0. The molecular weight excluding hydrogens is 236 g/mol. The van der Waals surface area contributed by atoms with Crippen molar-refractivity contribution < 1.29 is 4.74 Å². The highest BCUT2D eigenvalue weighted by atomic mass is 32.1. The lowest BCUT2D eigenvalue weighted by molar-refractivity contribution is 0.191. The number of unbranched alkanes of at least 4 members (excludes halogenated alkanes) is 1. The molecule has 1 N–H and O–H groups in total. The maximum atomic E-state index is 5.34. The van der Waals surface area contributed by atoms with Crippen molar-refractivity contribution in [2.24, 2.45) is 7.05 Å². The molecule has 0 unspecified atom stereocenters. The van der Waals surface area contributed by atoms with Crippen LogP contribution in [0.3, 0.4) is 0 Å². The zero-order valence-corrected chi connectivity index (χ0v) is 11.3. The van der Waals surface area contributed by atoms with Crippen LogP contribution >= 0.6 is 12.2 Å². The maximum Gasteiger partial charge on any atom is 0.179 e. The number of methoxy groups -OCH3 is 1. The van der Waals surface area contributed by atoms with E-state index in [0.29, 0.717) is 0 Å². The molecule has 0 aliphatic rings. The third-order valence-electron chi connectivity index (χ3n) is 2.90. The van der Waals surface area contributed by atoms with Crippen molar-refractivity contribution in [3.63, 3.8) is 0 Å². The van der Waals surface area contributed by atoms with Crippen LogP contribution in [0.2, 0.25) is 0 Å². The van der Waals surface area contributed by atoms with E-state index in [0.717, 1.165) is 47.6 Å². The summed E-state index contributed by atoms with van der Waals surface area (Å²) in [4.78, 5) is 3.22. The molecule has 0 aromatic carbocycles. The third kappa shape index (κ3) is 2.28. The van der Waals surface area contributed by atoms with E-state index in [1.54, 1.807) is 7.11 Å². The first kappa shape index (κ1) is 12.3. The molecule has 0 aliphatic carbocycles. The number of nitrogens with one attached hydrogen (secondary N) is 1. The van der Waals surface area contributed by atoms with Crippen LogP contribution in [-0.2, 0) is 18.3 Å². The molecule has 0 radical (unpaired) electrons. The quantitative estimate of drug-likeness (QED) is 0.657. The molecule has 17 heavy (non-hydrogen) atoms. The zero-order valence-electron chi connectivity index (χ0n) is 10.5.